The molecule has 3 amide bonds. The number of carbonyl (C=O) groups is 5. The van der Waals surface area contributed by atoms with Crippen molar-refractivity contribution in [2.24, 2.45) is 22.2 Å². The minimum Gasteiger partial charge on any atom is -0.481 e. The van der Waals surface area contributed by atoms with Gasteiger partial charge in [-0.25, -0.2) is 0 Å². The van der Waals surface area contributed by atoms with Crippen LogP contribution in [0.5, 0.6) is 0 Å². The second kappa shape index (κ2) is 13.7. The summed E-state index contributed by atoms with van der Waals surface area (Å²) in [5, 5.41) is 24.7. The lowest BCUT2D eigenvalue weighted by Gasteiger charge is -2.23. The van der Waals surface area contributed by atoms with E-state index in [9.17, 15) is 24.0 Å². The van der Waals surface area contributed by atoms with Crippen LogP contribution in [0.1, 0.15) is 32.6 Å². The first-order valence-corrected chi connectivity index (χ1v) is 9.08. The van der Waals surface area contributed by atoms with E-state index in [1.165, 1.54) is 6.92 Å². The van der Waals surface area contributed by atoms with Gasteiger partial charge in [-0.15, -0.1) is 0 Å². The number of guanidine groups is 1. The number of rotatable bonds is 14. The van der Waals surface area contributed by atoms with Crippen molar-refractivity contribution in [3.8, 4) is 0 Å². The summed E-state index contributed by atoms with van der Waals surface area (Å²) in [4.78, 5) is 62.1. The molecule has 0 fully saturated rings. The molecule has 0 aromatic carbocycles. The molecule has 0 saturated heterocycles. The summed E-state index contributed by atoms with van der Waals surface area (Å²) in [5.41, 5.74) is 15.7. The van der Waals surface area contributed by atoms with E-state index in [1.807, 2.05) is 0 Å². The van der Waals surface area contributed by atoms with Gasteiger partial charge in [-0.05, 0) is 26.2 Å². The topological polar surface area (TPSA) is 252 Å². The number of nitrogens with zero attached hydrogens (tertiary/aromatic N) is 1. The summed E-state index contributed by atoms with van der Waals surface area (Å²) in [6.45, 7) is 1.02. The molecule has 0 aliphatic carbocycles. The Balaban J connectivity index is 5.26. The van der Waals surface area contributed by atoms with Crippen molar-refractivity contribution >= 4 is 35.6 Å². The fourth-order valence-electron chi connectivity index (χ4n) is 2.21. The first kappa shape index (κ1) is 26.6. The lowest BCUT2D eigenvalue weighted by atomic mass is 10.1. The van der Waals surface area contributed by atoms with E-state index >= 15 is 0 Å². The lowest BCUT2D eigenvalue weighted by Crippen LogP contribution is -2.56. The van der Waals surface area contributed by atoms with Gasteiger partial charge in [0.1, 0.15) is 18.1 Å². The van der Waals surface area contributed by atoms with Gasteiger partial charge in [0, 0.05) is 13.0 Å². The molecule has 3 unspecified atom stereocenters. The number of amides is 3. The highest BCUT2D eigenvalue weighted by atomic mass is 16.4. The zero-order valence-corrected chi connectivity index (χ0v) is 16.6. The van der Waals surface area contributed by atoms with E-state index in [0.29, 0.717) is 6.42 Å². The fourth-order valence-corrected chi connectivity index (χ4v) is 2.21. The van der Waals surface area contributed by atoms with Crippen molar-refractivity contribution < 1.29 is 34.2 Å². The number of hydrogen-bond donors (Lipinski definition) is 8. The van der Waals surface area contributed by atoms with E-state index in [-0.39, 0.29) is 31.9 Å². The van der Waals surface area contributed by atoms with Crippen LogP contribution in [-0.4, -0.2) is 77.0 Å². The molecule has 0 aromatic rings. The Hall–Kier alpha value is -3.42. The average Bonchev–Trinajstić information content (AvgIpc) is 2.66. The highest BCUT2D eigenvalue weighted by Gasteiger charge is 2.28. The Morgan fingerprint density at radius 2 is 1.50 bits per heavy atom. The van der Waals surface area contributed by atoms with Crippen molar-refractivity contribution in [2.45, 2.75) is 50.7 Å². The van der Waals surface area contributed by atoms with Gasteiger partial charge in [0.05, 0.1) is 6.54 Å². The standard InChI is InChI=1S/C16H29N7O7/c1-8(15(29)30)21-13(27)10(4-5-12(25)26)23-14(28)9(22-11(24)7-17)3-2-6-20-16(18)19/h8-10H,2-7,17H2,1H3,(H,21,27)(H,22,24)(H,23,28)(H,25,26)(H,29,30)(H4,18,19,20). The third-order valence-electron chi connectivity index (χ3n) is 3.79. The zero-order valence-electron chi connectivity index (χ0n) is 16.6. The quantitative estimate of drug-likeness (QED) is 0.0762. The Morgan fingerprint density at radius 3 is 2.00 bits per heavy atom. The van der Waals surface area contributed by atoms with E-state index in [4.69, 9.17) is 27.4 Å². The molecule has 0 rings (SSSR count). The molecule has 14 nitrogen and oxygen atoms in total. The second-order valence-electron chi connectivity index (χ2n) is 6.34. The fraction of sp³-hybridized carbons (Fsp3) is 0.625. The van der Waals surface area contributed by atoms with Crippen LogP contribution in [0.2, 0.25) is 0 Å². The molecule has 0 aromatic heterocycles. The van der Waals surface area contributed by atoms with Gasteiger partial charge in [0.25, 0.3) is 0 Å². The Kier molecular flexibility index (Phi) is 12.1. The minimum absolute atomic E-state index is 0.104. The van der Waals surface area contributed by atoms with Gasteiger partial charge in [-0.3, -0.25) is 29.0 Å². The van der Waals surface area contributed by atoms with E-state index < -0.39 is 54.2 Å². The van der Waals surface area contributed by atoms with Crippen molar-refractivity contribution in [2.75, 3.05) is 13.1 Å². The molecule has 170 valence electrons. The van der Waals surface area contributed by atoms with Crippen LogP contribution in [0.15, 0.2) is 4.99 Å². The SMILES string of the molecule is CC(NC(=O)C(CCC(=O)O)NC(=O)C(CCCN=C(N)N)NC(=O)CN)C(=O)O. The number of aliphatic imine (C=N–C) groups is 1. The molecule has 0 bridgehead atoms. The van der Waals surface area contributed by atoms with Crippen LogP contribution in [0.3, 0.4) is 0 Å². The van der Waals surface area contributed by atoms with Crippen LogP contribution in [0, 0.1) is 0 Å². The summed E-state index contributed by atoms with van der Waals surface area (Å²) in [6, 6.07) is -3.67. The zero-order chi connectivity index (χ0) is 23.3. The molecule has 0 aliphatic rings. The van der Waals surface area contributed by atoms with Gasteiger partial charge >= 0.3 is 11.9 Å². The maximum Gasteiger partial charge on any atom is 0.325 e. The van der Waals surface area contributed by atoms with Crippen molar-refractivity contribution in [3.63, 3.8) is 0 Å². The first-order valence-electron chi connectivity index (χ1n) is 9.08. The first-order chi connectivity index (χ1) is 14.0. The maximum absolute atomic E-state index is 12.6. The summed E-state index contributed by atoms with van der Waals surface area (Å²) in [6.07, 6.45) is -0.328. The molecule has 0 saturated carbocycles. The van der Waals surface area contributed by atoms with Crippen LogP contribution in [0.4, 0.5) is 0 Å². The van der Waals surface area contributed by atoms with Crippen molar-refractivity contribution in [1.29, 1.82) is 0 Å². The molecule has 30 heavy (non-hydrogen) atoms. The third-order valence-corrected chi connectivity index (χ3v) is 3.79. The predicted molar refractivity (Wildman–Crippen MR) is 105 cm³/mol. The molecule has 0 aliphatic heterocycles. The number of aliphatic carboxylic acids is 2. The molecule has 11 N–H and O–H groups in total. The molecule has 0 radical (unpaired) electrons. The van der Waals surface area contributed by atoms with Gasteiger partial charge < -0.3 is 43.4 Å². The molecular weight excluding hydrogens is 402 g/mol. The van der Waals surface area contributed by atoms with E-state index in [1.54, 1.807) is 0 Å². The summed E-state index contributed by atoms with van der Waals surface area (Å²) in [7, 11) is 0. The molecule has 0 spiro atoms. The Labute approximate surface area is 172 Å². The third kappa shape index (κ3) is 11.4. The number of hydrogen-bond acceptors (Lipinski definition) is 7. The summed E-state index contributed by atoms with van der Waals surface area (Å²) >= 11 is 0. The minimum atomic E-state index is -1.33. The highest BCUT2D eigenvalue weighted by molar-refractivity contribution is 5.93. The van der Waals surface area contributed by atoms with Crippen LogP contribution < -0.4 is 33.2 Å². The largest absolute Gasteiger partial charge is 0.481 e. The summed E-state index contributed by atoms with van der Waals surface area (Å²) in [5.74, 6) is -4.92. The van der Waals surface area contributed by atoms with Gasteiger partial charge in [0.15, 0.2) is 5.96 Å². The molecule has 14 heteroatoms. The van der Waals surface area contributed by atoms with Crippen LogP contribution in [-0.2, 0) is 24.0 Å². The highest BCUT2D eigenvalue weighted by Crippen LogP contribution is 2.04. The normalized spacial score (nSPS) is 13.3. The Bertz CT molecular complexity index is 664. The van der Waals surface area contributed by atoms with E-state index in [2.05, 4.69) is 20.9 Å². The van der Waals surface area contributed by atoms with Crippen molar-refractivity contribution in [3.05, 3.63) is 0 Å². The van der Waals surface area contributed by atoms with Crippen LogP contribution in [0.25, 0.3) is 0 Å². The number of carbonyl (C=O) groups excluding carboxylic acids is 3. The van der Waals surface area contributed by atoms with Gasteiger partial charge in [0.2, 0.25) is 17.7 Å². The molecule has 0 heterocycles. The molecule has 3 atom stereocenters. The predicted octanol–water partition coefficient (Wildman–Crippen LogP) is -3.58. The molecular formula is C16H29N7O7. The average molecular weight is 431 g/mol. The lowest BCUT2D eigenvalue weighted by molar-refractivity contribution is -0.142. The second-order valence-corrected chi connectivity index (χ2v) is 6.34. The number of nitrogens with one attached hydrogen (secondary N) is 3. The summed E-state index contributed by atoms with van der Waals surface area (Å²) < 4.78 is 0. The van der Waals surface area contributed by atoms with Crippen molar-refractivity contribution in [1.82, 2.24) is 16.0 Å². The maximum atomic E-state index is 12.6. The monoisotopic (exact) mass is 431 g/mol. The smallest absolute Gasteiger partial charge is 0.325 e. The number of carboxylic acids is 2. The Morgan fingerprint density at radius 1 is 0.933 bits per heavy atom. The van der Waals surface area contributed by atoms with Crippen LogP contribution >= 0.6 is 0 Å². The van der Waals surface area contributed by atoms with E-state index in [0.717, 1.165) is 0 Å². The number of nitrogens with two attached hydrogens (primary N) is 3. The van der Waals surface area contributed by atoms with Gasteiger partial charge in [-0.1, -0.05) is 0 Å². The number of carboxylic acid groups (broad SMARTS) is 2. The van der Waals surface area contributed by atoms with Gasteiger partial charge in [-0.2, -0.15) is 0 Å².